The second-order valence-electron chi connectivity index (χ2n) is 3.96. The molecule has 9 heteroatoms. The van der Waals surface area contributed by atoms with Crippen LogP contribution in [0.15, 0.2) is 24.3 Å². The summed E-state index contributed by atoms with van der Waals surface area (Å²) in [5, 5.41) is 11.1. The molecular weight excluding hydrogens is 276 g/mol. The van der Waals surface area contributed by atoms with Crippen molar-refractivity contribution in [3.63, 3.8) is 0 Å². The zero-order chi connectivity index (χ0) is 14.7. The summed E-state index contributed by atoms with van der Waals surface area (Å²) in [6.45, 7) is 1.25. The number of hydrogen-bond donors (Lipinski definition) is 1. The summed E-state index contributed by atoms with van der Waals surface area (Å²) in [7, 11) is -3.29. The molecule has 1 unspecified atom stereocenters. The molecule has 106 valence electrons. The van der Waals surface area contributed by atoms with E-state index in [1.165, 1.54) is 25.2 Å². The second kappa shape index (κ2) is 5.49. The van der Waals surface area contributed by atoms with Crippen LogP contribution in [0.3, 0.4) is 0 Å². The predicted octanol–water partition coefficient (Wildman–Crippen LogP) is -0.0436. The van der Waals surface area contributed by atoms with E-state index in [2.05, 4.69) is 4.74 Å². The predicted molar refractivity (Wildman–Crippen MR) is 66.2 cm³/mol. The fourth-order valence-corrected chi connectivity index (χ4v) is 3.12. The highest BCUT2D eigenvalue weighted by molar-refractivity contribution is 7.90. The summed E-state index contributed by atoms with van der Waals surface area (Å²) in [6.07, 6.45) is 4.86. The van der Waals surface area contributed by atoms with Gasteiger partial charge in [0.25, 0.3) is 10.0 Å². The number of esters is 1. The lowest BCUT2D eigenvalue weighted by molar-refractivity contribution is -0.526. The fraction of sp³-hybridized carbons (Fsp3) is 0.500. The molecule has 0 radical (unpaired) electrons. The molecule has 1 rings (SSSR count). The Hall–Kier alpha value is -1.74. The smallest absolute Gasteiger partial charge is 0.354 e. The Labute approximate surface area is 110 Å². The average Bonchev–Trinajstić information content (AvgIpc) is 2.37. The van der Waals surface area contributed by atoms with Gasteiger partial charge in [-0.15, -0.1) is 0 Å². The molecule has 0 bridgehead atoms. The number of carbonyl (C=O) groups is 1. The maximum atomic E-state index is 12.1. The van der Waals surface area contributed by atoms with E-state index >= 15 is 0 Å². The average molecular weight is 290 g/mol. The van der Waals surface area contributed by atoms with Crippen molar-refractivity contribution in [2.75, 3.05) is 7.11 Å². The van der Waals surface area contributed by atoms with Crippen molar-refractivity contribution in [2.24, 2.45) is 0 Å². The lowest BCUT2D eigenvalue weighted by Crippen LogP contribution is -2.54. The highest BCUT2D eigenvalue weighted by Crippen LogP contribution is 2.27. The summed E-state index contributed by atoms with van der Waals surface area (Å²) in [4.78, 5) is 19.1. The first-order valence-electron chi connectivity index (χ1n) is 5.35. The van der Waals surface area contributed by atoms with Crippen molar-refractivity contribution in [3.05, 3.63) is 34.4 Å². The molecule has 0 saturated carbocycles. The summed E-state index contributed by atoms with van der Waals surface area (Å²) >= 11 is 0. The van der Waals surface area contributed by atoms with E-state index < -0.39 is 31.8 Å². The van der Waals surface area contributed by atoms with E-state index in [4.69, 9.17) is 0 Å². The number of rotatable bonds is 5. The highest BCUT2D eigenvalue weighted by atomic mass is 32.2. The van der Waals surface area contributed by atoms with E-state index in [-0.39, 0.29) is 6.42 Å². The van der Waals surface area contributed by atoms with Crippen LogP contribution in [0, 0.1) is 10.1 Å². The van der Waals surface area contributed by atoms with Crippen molar-refractivity contribution in [1.82, 2.24) is 4.72 Å². The van der Waals surface area contributed by atoms with Crippen LogP contribution >= 0.6 is 0 Å². The van der Waals surface area contributed by atoms with E-state index in [0.29, 0.717) is 0 Å². The third-order valence-electron chi connectivity index (χ3n) is 2.68. The Bertz CT molecular complexity index is 538. The lowest BCUT2D eigenvalue weighted by atomic mass is 10.1. The molecule has 0 aliphatic heterocycles. The molecule has 0 amide bonds. The number of allylic oxidation sites excluding steroid dienone is 2. The topological polar surface area (TPSA) is 116 Å². The molecule has 0 aromatic heterocycles. The maximum Gasteiger partial charge on any atom is 0.354 e. The summed E-state index contributed by atoms with van der Waals surface area (Å²) in [6, 6.07) is -1.20. The number of sulfonamides is 1. The monoisotopic (exact) mass is 290 g/mol. The summed E-state index contributed by atoms with van der Waals surface area (Å²) < 4.78 is 30.6. The zero-order valence-corrected chi connectivity index (χ0v) is 11.2. The minimum absolute atomic E-state index is 0.306. The van der Waals surface area contributed by atoms with Crippen molar-refractivity contribution in [1.29, 1.82) is 0 Å². The van der Waals surface area contributed by atoms with Gasteiger partial charge < -0.3 is 4.74 Å². The molecule has 0 aromatic carbocycles. The number of nitrogens with one attached hydrogen (secondary N) is 1. The van der Waals surface area contributed by atoms with Crippen molar-refractivity contribution >= 4 is 16.0 Å². The van der Waals surface area contributed by atoms with Gasteiger partial charge in [-0.25, -0.2) is 8.42 Å². The van der Waals surface area contributed by atoms with E-state index in [1.807, 2.05) is 4.72 Å². The number of ether oxygens (including phenoxy) is 1. The molecule has 0 saturated heterocycles. The molecule has 19 heavy (non-hydrogen) atoms. The molecule has 1 N–H and O–H groups in total. The molecule has 8 nitrogen and oxygen atoms in total. The van der Waals surface area contributed by atoms with Gasteiger partial charge in [0.15, 0.2) is 0 Å². The number of nitro groups is 1. The first kappa shape index (κ1) is 15.3. The molecule has 0 fully saturated rings. The molecular formula is C10H14N2O6S. The van der Waals surface area contributed by atoms with Gasteiger partial charge in [-0.3, -0.25) is 14.9 Å². The Morgan fingerprint density at radius 3 is 2.58 bits per heavy atom. The molecule has 1 aliphatic carbocycles. The minimum atomic E-state index is -4.39. The Balaban J connectivity index is 3.10. The van der Waals surface area contributed by atoms with Gasteiger partial charge in [0.05, 0.1) is 13.5 Å². The molecule has 0 spiro atoms. The highest BCUT2D eigenvalue weighted by Gasteiger charge is 2.54. The van der Waals surface area contributed by atoms with E-state index in [9.17, 15) is 23.3 Å². The van der Waals surface area contributed by atoms with Crippen molar-refractivity contribution < 1.29 is 22.9 Å². The fourth-order valence-electron chi connectivity index (χ4n) is 1.58. The number of nitrogens with zero attached hydrogens (tertiary/aromatic N) is 1. The molecule has 0 heterocycles. The zero-order valence-electron chi connectivity index (χ0n) is 10.4. The molecule has 1 aliphatic rings. The van der Waals surface area contributed by atoms with Crippen LogP contribution in [0.5, 0.6) is 0 Å². The van der Waals surface area contributed by atoms with Crippen LogP contribution < -0.4 is 4.72 Å². The van der Waals surface area contributed by atoms with Crippen LogP contribution in [0.25, 0.3) is 0 Å². The van der Waals surface area contributed by atoms with Crippen molar-refractivity contribution in [2.45, 2.75) is 24.3 Å². The summed E-state index contributed by atoms with van der Waals surface area (Å²) in [5.74, 6) is -0.822. The first-order chi connectivity index (χ1) is 8.77. The van der Waals surface area contributed by atoms with Crippen LogP contribution in [-0.4, -0.2) is 37.3 Å². The van der Waals surface area contributed by atoms with E-state index in [0.717, 1.165) is 13.2 Å². The van der Waals surface area contributed by atoms with Crippen LogP contribution in [0.2, 0.25) is 0 Å². The van der Waals surface area contributed by atoms with Gasteiger partial charge in [0.2, 0.25) is 0 Å². The van der Waals surface area contributed by atoms with Crippen LogP contribution in [0.1, 0.15) is 13.3 Å². The quantitative estimate of drug-likeness (QED) is 0.431. The van der Waals surface area contributed by atoms with Gasteiger partial charge in [-0.2, -0.15) is 4.72 Å². The van der Waals surface area contributed by atoms with Gasteiger partial charge >= 0.3 is 10.8 Å². The Morgan fingerprint density at radius 1 is 1.53 bits per heavy atom. The summed E-state index contributed by atoms with van der Waals surface area (Å²) in [5.41, 5.74) is 0. The third kappa shape index (κ3) is 2.82. The lowest BCUT2D eigenvalue weighted by Gasteiger charge is -2.24. The number of carbonyl (C=O) groups excluding carboxylic acids is 1. The minimum Gasteiger partial charge on any atom is -0.468 e. The molecule has 2 atom stereocenters. The Morgan fingerprint density at radius 2 is 2.16 bits per heavy atom. The maximum absolute atomic E-state index is 12.1. The largest absolute Gasteiger partial charge is 0.468 e. The third-order valence-corrected chi connectivity index (χ3v) is 4.72. The van der Waals surface area contributed by atoms with Gasteiger partial charge in [0, 0.05) is 11.0 Å². The van der Waals surface area contributed by atoms with Crippen molar-refractivity contribution in [3.8, 4) is 0 Å². The first-order valence-corrected chi connectivity index (χ1v) is 6.84. The van der Waals surface area contributed by atoms with E-state index in [1.54, 1.807) is 0 Å². The van der Waals surface area contributed by atoms with Gasteiger partial charge in [0.1, 0.15) is 6.04 Å². The standard InChI is InChI=1S/C10H14N2O6S/c1-8(9(13)18-2)11-19(16,17)10(12(14)15)6-4-3-5-7-10/h3-6,8,11H,7H2,1-2H3/t8-,10?/m0/s1. The Kier molecular flexibility index (Phi) is 4.43. The van der Waals surface area contributed by atoms with Gasteiger partial charge in [-0.1, -0.05) is 18.2 Å². The second-order valence-corrected chi connectivity index (χ2v) is 5.91. The van der Waals surface area contributed by atoms with Crippen LogP contribution in [-0.2, 0) is 19.6 Å². The van der Waals surface area contributed by atoms with Crippen LogP contribution in [0.4, 0.5) is 0 Å². The normalized spacial score (nSPS) is 23.9. The SMILES string of the molecule is COC(=O)[C@H](C)NS(=O)(=O)C1([N+](=O)[O-])C=CC=CC1. The molecule has 0 aromatic rings. The number of methoxy groups -OCH3 is 1. The number of hydrogen-bond acceptors (Lipinski definition) is 6. The van der Waals surface area contributed by atoms with Gasteiger partial charge in [-0.05, 0) is 6.92 Å².